The van der Waals surface area contributed by atoms with Crippen LogP contribution in [-0.4, -0.2) is 11.8 Å². The molecule has 0 spiro atoms. The maximum absolute atomic E-state index is 13.5. The molecule has 0 radical (unpaired) electrons. The Bertz CT molecular complexity index is 906. The Morgan fingerprint density at radius 2 is 1.60 bits per heavy atom. The summed E-state index contributed by atoms with van der Waals surface area (Å²) >= 11 is 1.35. The number of hydrogen-bond donors (Lipinski definition) is 2. The van der Waals surface area contributed by atoms with Crippen molar-refractivity contribution in [3.8, 4) is 0 Å². The second-order valence-corrected chi connectivity index (χ2v) is 6.37. The van der Waals surface area contributed by atoms with E-state index in [2.05, 4.69) is 10.6 Å². The molecule has 0 bridgehead atoms. The van der Waals surface area contributed by atoms with Gasteiger partial charge in [0.05, 0.1) is 4.88 Å². The van der Waals surface area contributed by atoms with Crippen molar-refractivity contribution in [1.29, 1.82) is 0 Å². The minimum Gasteiger partial charge on any atom is -0.322 e. The molecule has 0 saturated heterocycles. The lowest BCUT2D eigenvalue weighted by Crippen LogP contribution is -2.13. The molecule has 3 aromatic rings. The average Bonchev–Trinajstić information content (AvgIpc) is 3.13. The lowest BCUT2D eigenvalue weighted by molar-refractivity contribution is 0.102. The fraction of sp³-hybridized carbons (Fsp3) is 0.0526. The third-order valence-electron chi connectivity index (χ3n) is 3.58. The van der Waals surface area contributed by atoms with Gasteiger partial charge in [0.1, 0.15) is 5.82 Å². The van der Waals surface area contributed by atoms with Gasteiger partial charge >= 0.3 is 0 Å². The highest BCUT2D eigenvalue weighted by atomic mass is 32.1. The van der Waals surface area contributed by atoms with Gasteiger partial charge in [0, 0.05) is 16.9 Å². The number of carbonyl (C=O) groups excluding carboxylic acids is 2. The summed E-state index contributed by atoms with van der Waals surface area (Å²) in [5.41, 5.74) is 1.92. The van der Waals surface area contributed by atoms with Crippen LogP contribution in [0.1, 0.15) is 25.6 Å². The molecule has 0 saturated carbocycles. The maximum atomic E-state index is 13.5. The first-order valence-corrected chi connectivity index (χ1v) is 8.43. The number of benzene rings is 2. The van der Waals surface area contributed by atoms with Gasteiger partial charge in [-0.1, -0.05) is 12.1 Å². The molecule has 0 atom stereocenters. The van der Waals surface area contributed by atoms with Crippen LogP contribution in [0.4, 0.5) is 15.8 Å². The highest BCUT2D eigenvalue weighted by Crippen LogP contribution is 2.17. The largest absolute Gasteiger partial charge is 0.322 e. The van der Waals surface area contributed by atoms with Crippen LogP contribution in [0.2, 0.25) is 0 Å². The molecule has 25 heavy (non-hydrogen) atoms. The van der Waals surface area contributed by atoms with Gasteiger partial charge < -0.3 is 10.6 Å². The van der Waals surface area contributed by atoms with E-state index in [1.807, 2.05) is 5.38 Å². The number of rotatable bonds is 4. The van der Waals surface area contributed by atoms with Crippen LogP contribution in [0.15, 0.2) is 60.0 Å². The molecule has 2 amide bonds. The molecule has 1 heterocycles. The van der Waals surface area contributed by atoms with Crippen molar-refractivity contribution in [2.24, 2.45) is 0 Å². The molecule has 126 valence electrons. The van der Waals surface area contributed by atoms with Crippen molar-refractivity contribution in [3.05, 3.63) is 81.8 Å². The van der Waals surface area contributed by atoms with Crippen molar-refractivity contribution < 1.29 is 14.0 Å². The number of aryl methyl sites for hydroxylation is 1. The summed E-state index contributed by atoms with van der Waals surface area (Å²) in [4.78, 5) is 24.8. The molecular formula is C19H15FN2O2S. The second kappa shape index (κ2) is 7.27. The smallest absolute Gasteiger partial charge is 0.265 e. The third kappa shape index (κ3) is 4.10. The van der Waals surface area contributed by atoms with Crippen molar-refractivity contribution in [2.75, 3.05) is 10.6 Å². The fourth-order valence-electron chi connectivity index (χ4n) is 2.18. The van der Waals surface area contributed by atoms with E-state index in [9.17, 15) is 14.0 Å². The summed E-state index contributed by atoms with van der Waals surface area (Å²) in [7, 11) is 0. The normalized spacial score (nSPS) is 10.3. The molecule has 0 aliphatic heterocycles. The lowest BCUT2D eigenvalue weighted by Gasteiger charge is -2.08. The lowest BCUT2D eigenvalue weighted by atomic mass is 10.1. The van der Waals surface area contributed by atoms with Crippen molar-refractivity contribution >= 4 is 34.5 Å². The average molecular weight is 354 g/mol. The first-order chi connectivity index (χ1) is 12.0. The molecule has 2 aromatic carbocycles. The van der Waals surface area contributed by atoms with E-state index in [1.54, 1.807) is 55.5 Å². The molecule has 0 aliphatic carbocycles. The van der Waals surface area contributed by atoms with E-state index in [0.29, 0.717) is 27.4 Å². The van der Waals surface area contributed by atoms with Crippen LogP contribution >= 0.6 is 11.3 Å². The van der Waals surface area contributed by atoms with Crippen molar-refractivity contribution in [3.63, 3.8) is 0 Å². The van der Waals surface area contributed by atoms with Crippen LogP contribution in [-0.2, 0) is 0 Å². The first kappa shape index (κ1) is 16.9. The van der Waals surface area contributed by atoms with Crippen LogP contribution < -0.4 is 10.6 Å². The predicted octanol–water partition coefficient (Wildman–Crippen LogP) is 4.70. The van der Waals surface area contributed by atoms with Crippen molar-refractivity contribution in [1.82, 2.24) is 0 Å². The summed E-state index contributed by atoms with van der Waals surface area (Å²) in [6.45, 7) is 1.66. The zero-order valence-corrected chi connectivity index (χ0v) is 14.2. The Morgan fingerprint density at radius 3 is 2.24 bits per heavy atom. The number of anilines is 2. The van der Waals surface area contributed by atoms with E-state index in [-0.39, 0.29) is 17.6 Å². The van der Waals surface area contributed by atoms with Crippen LogP contribution in [0.25, 0.3) is 0 Å². The molecule has 2 N–H and O–H groups in total. The third-order valence-corrected chi connectivity index (χ3v) is 4.45. The fourth-order valence-corrected chi connectivity index (χ4v) is 2.80. The monoisotopic (exact) mass is 354 g/mol. The van der Waals surface area contributed by atoms with E-state index >= 15 is 0 Å². The molecular weight excluding hydrogens is 339 g/mol. The standard InChI is InChI=1S/C19H15FN2O2S/c1-12-4-7-15(11-16(12)20)22-18(23)13-5-8-14(9-6-13)21-19(24)17-3-2-10-25-17/h2-11H,1H3,(H,21,24)(H,22,23). The summed E-state index contributed by atoms with van der Waals surface area (Å²) in [6.07, 6.45) is 0. The van der Waals surface area contributed by atoms with Gasteiger partial charge in [0.25, 0.3) is 11.8 Å². The van der Waals surface area contributed by atoms with E-state index in [0.717, 1.165) is 0 Å². The van der Waals surface area contributed by atoms with Crippen LogP contribution in [0.3, 0.4) is 0 Å². The number of amides is 2. The quantitative estimate of drug-likeness (QED) is 0.713. The summed E-state index contributed by atoms with van der Waals surface area (Å²) in [5.74, 6) is -0.911. The highest BCUT2D eigenvalue weighted by Gasteiger charge is 2.10. The topological polar surface area (TPSA) is 58.2 Å². The van der Waals surface area contributed by atoms with E-state index in [1.165, 1.54) is 17.4 Å². The number of thiophene rings is 1. The summed E-state index contributed by atoms with van der Waals surface area (Å²) < 4.78 is 13.5. The Labute approximate surface area is 148 Å². The van der Waals surface area contributed by atoms with Gasteiger partial charge in [-0.05, 0) is 60.3 Å². The second-order valence-electron chi connectivity index (χ2n) is 5.43. The van der Waals surface area contributed by atoms with E-state index < -0.39 is 0 Å². The maximum Gasteiger partial charge on any atom is 0.265 e. The Kier molecular flexibility index (Phi) is 4.90. The molecule has 4 nitrogen and oxygen atoms in total. The van der Waals surface area contributed by atoms with Crippen LogP contribution in [0, 0.1) is 12.7 Å². The first-order valence-electron chi connectivity index (χ1n) is 7.55. The zero-order valence-electron chi connectivity index (χ0n) is 13.4. The molecule has 3 rings (SSSR count). The van der Waals surface area contributed by atoms with Gasteiger partial charge in [0.2, 0.25) is 0 Å². The SMILES string of the molecule is Cc1ccc(NC(=O)c2ccc(NC(=O)c3cccs3)cc2)cc1F. The number of nitrogens with one attached hydrogen (secondary N) is 2. The minimum absolute atomic E-state index is 0.192. The molecule has 0 unspecified atom stereocenters. The van der Waals surface area contributed by atoms with Gasteiger partial charge in [-0.25, -0.2) is 4.39 Å². The number of hydrogen-bond acceptors (Lipinski definition) is 3. The van der Waals surface area contributed by atoms with Gasteiger partial charge in [-0.3, -0.25) is 9.59 Å². The van der Waals surface area contributed by atoms with E-state index in [4.69, 9.17) is 0 Å². The molecule has 1 aromatic heterocycles. The minimum atomic E-state index is -0.371. The van der Waals surface area contributed by atoms with Gasteiger partial charge in [-0.2, -0.15) is 0 Å². The molecule has 0 fully saturated rings. The summed E-state index contributed by atoms with van der Waals surface area (Å²) in [6, 6.07) is 14.6. The Hall–Kier alpha value is -2.99. The molecule has 0 aliphatic rings. The highest BCUT2D eigenvalue weighted by molar-refractivity contribution is 7.12. The zero-order chi connectivity index (χ0) is 17.8. The number of carbonyl (C=O) groups is 2. The Balaban J connectivity index is 1.66. The van der Waals surface area contributed by atoms with Crippen molar-refractivity contribution in [2.45, 2.75) is 6.92 Å². The summed E-state index contributed by atoms with van der Waals surface area (Å²) in [5, 5.41) is 7.24. The Morgan fingerprint density at radius 1 is 0.920 bits per heavy atom. The molecule has 6 heteroatoms. The van der Waals surface area contributed by atoms with Gasteiger partial charge in [-0.15, -0.1) is 11.3 Å². The van der Waals surface area contributed by atoms with Gasteiger partial charge in [0.15, 0.2) is 0 Å². The van der Waals surface area contributed by atoms with Crippen LogP contribution in [0.5, 0.6) is 0 Å². The predicted molar refractivity (Wildman–Crippen MR) is 97.8 cm³/mol. The number of halogens is 1.